The fourth-order valence-corrected chi connectivity index (χ4v) is 3.18. The number of amides is 4. The van der Waals surface area contributed by atoms with Crippen LogP contribution in [0.25, 0.3) is 6.08 Å². The number of urea groups is 1. The summed E-state index contributed by atoms with van der Waals surface area (Å²) >= 11 is 0. The molecule has 0 bridgehead atoms. The molecule has 5 nitrogen and oxygen atoms in total. The molecule has 0 aromatic heterocycles. The molecule has 1 saturated heterocycles. The first-order valence-electron chi connectivity index (χ1n) is 8.29. The van der Waals surface area contributed by atoms with Gasteiger partial charge in [-0.15, -0.1) is 0 Å². The second kappa shape index (κ2) is 7.25. The van der Waals surface area contributed by atoms with Gasteiger partial charge in [-0.1, -0.05) is 61.7 Å². The number of carbonyl (C=O) groups excluding carboxylic acids is 3. The monoisotopic (exact) mass is 324 g/mol. The molecule has 0 spiro atoms. The van der Waals surface area contributed by atoms with E-state index in [1.54, 1.807) is 6.08 Å². The number of imide groups is 2. The van der Waals surface area contributed by atoms with Crippen molar-refractivity contribution in [2.75, 3.05) is 0 Å². The number of allylic oxidation sites excluding steroid dienone is 2. The molecule has 2 fully saturated rings. The number of benzene rings is 1. The first kappa shape index (κ1) is 16.2. The molecule has 1 N–H and O–H groups in total. The Bertz CT molecular complexity index is 701. The van der Waals surface area contributed by atoms with Gasteiger partial charge in [0.05, 0.1) is 0 Å². The van der Waals surface area contributed by atoms with E-state index >= 15 is 0 Å². The summed E-state index contributed by atoms with van der Waals surface area (Å²) in [6.45, 7) is 0. The Hall–Kier alpha value is -2.69. The minimum absolute atomic E-state index is 0.00681. The summed E-state index contributed by atoms with van der Waals surface area (Å²) in [6, 6.07) is 8.89. The molecule has 0 atom stereocenters. The first-order valence-corrected chi connectivity index (χ1v) is 8.29. The van der Waals surface area contributed by atoms with E-state index in [-0.39, 0.29) is 11.6 Å². The van der Waals surface area contributed by atoms with Crippen molar-refractivity contribution < 1.29 is 14.4 Å². The average Bonchev–Trinajstić information content (AvgIpc) is 2.59. The van der Waals surface area contributed by atoms with Crippen molar-refractivity contribution in [3.63, 3.8) is 0 Å². The normalized spacial score (nSPS) is 21.6. The molecule has 1 saturated carbocycles. The summed E-state index contributed by atoms with van der Waals surface area (Å²) in [5.41, 5.74) is 0.977. The van der Waals surface area contributed by atoms with Crippen molar-refractivity contribution in [3.05, 3.63) is 53.6 Å². The third-order valence-electron chi connectivity index (χ3n) is 4.42. The maximum atomic E-state index is 12.6. The molecule has 1 aromatic rings. The molecule has 124 valence electrons. The van der Waals surface area contributed by atoms with Gasteiger partial charge >= 0.3 is 6.03 Å². The van der Waals surface area contributed by atoms with Crippen LogP contribution in [-0.4, -0.2) is 28.8 Å². The molecule has 1 heterocycles. The predicted molar refractivity (Wildman–Crippen MR) is 90.8 cm³/mol. The highest BCUT2D eigenvalue weighted by atomic mass is 16.2. The number of nitrogens with one attached hydrogen (secondary N) is 1. The second-order valence-electron chi connectivity index (χ2n) is 6.08. The number of hydrogen-bond acceptors (Lipinski definition) is 3. The van der Waals surface area contributed by atoms with Crippen LogP contribution in [0.5, 0.6) is 0 Å². The minimum atomic E-state index is -0.630. The average molecular weight is 324 g/mol. The topological polar surface area (TPSA) is 66.5 Å². The van der Waals surface area contributed by atoms with Crippen molar-refractivity contribution in [1.29, 1.82) is 0 Å². The van der Waals surface area contributed by atoms with Gasteiger partial charge in [0.15, 0.2) is 0 Å². The van der Waals surface area contributed by atoms with Crippen LogP contribution < -0.4 is 5.32 Å². The Kier molecular flexibility index (Phi) is 4.89. The molecular formula is C19H20N2O3. The highest BCUT2D eigenvalue weighted by molar-refractivity contribution is 6.29. The van der Waals surface area contributed by atoms with Crippen LogP contribution in [0.15, 0.2) is 48.1 Å². The van der Waals surface area contributed by atoms with Crippen LogP contribution in [-0.2, 0) is 9.59 Å². The standard InChI is InChI=1S/C19H20N2O3/c22-17-16(13-7-10-14-8-3-1-4-9-14)18(23)21(19(24)20-17)15-11-5-2-6-12-15/h1,3-4,7-10,13,15H,2,5-6,11-12H2,(H,20,22,24)/b10-7-,16-13-. The Labute approximate surface area is 141 Å². The summed E-state index contributed by atoms with van der Waals surface area (Å²) in [4.78, 5) is 37.9. The highest BCUT2D eigenvalue weighted by Gasteiger charge is 2.39. The van der Waals surface area contributed by atoms with Crippen LogP contribution in [0, 0.1) is 0 Å². The van der Waals surface area contributed by atoms with E-state index in [2.05, 4.69) is 5.32 Å². The Balaban J connectivity index is 1.80. The molecule has 1 aliphatic carbocycles. The van der Waals surface area contributed by atoms with Gasteiger partial charge in [-0.05, 0) is 24.5 Å². The lowest BCUT2D eigenvalue weighted by atomic mass is 9.93. The molecule has 24 heavy (non-hydrogen) atoms. The molecule has 4 amide bonds. The third kappa shape index (κ3) is 3.45. The van der Waals surface area contributed by atoms with E-state index in [0.29, 0.717) is 0 Å². The number of nitrogens with zero attached hydrogens (tertiary/aromatic N) is 1. The van der Waals surface area contributed by atoms with Crippen molar-refractivity contribution >= 4 is 23.9 Å². The van der Waals surface area contributed by atoms with Crippen LogP contribution in [0.3, 0.4) is 0 Å². The zero-order chi connectivity index (χ0) is 16.9. The van der Waals surface area contributed by atoms with E-state index in [1.165, 1.54) is 11.0 Å². The zero-order valence-electron chi connectivity index (χ0n) is 13.4. The Morgan fingerprint density at radius 3 is 2.42 bits per heavy atom. The summed E-state index contributed by atoms with van der Waals surface area (Å²) in [5.74, 6) is -1.12. The van der Waals surface area contributed by atoms with Gasteiger partial charge in [0.25, 0.3) is 11.8 Å². The summed E-state index contributed by atoms with van der Waals surface area (Å²) < 4.78 is 0. The van der Waals surface area contributed by atoms with Crippen LogP contribution in [0.4, 0.5) is 4.79 Å². The molecule has 1 aromatic carbocycles. The molecule has 2 aliphatic rings. The molecule has 0 unspecified atom stereocenters. The van der Waals surface area contributed by atoms with Gasteiger partial charge in [0, 0.05) is 6.04 Å². The molecular weight excluding hydrogens is 304 g/mol. The lowest BCUT2D eigenvalue weighted by Crippen LogP contribution is -2.58. The van der Waals surface area contributed by atoms with Gasteiger partial charge < -0.3 is 0 Å². The predicted octanol–water partition coefficient (Wildman–Crippen LogP) is 3.04. The second-order valence-corrected chi connectivity index (χ2v) is 6.08. The number of carbonyl (C=O) groups is 3. The lowest BCUT2D eigenvalue weighted by molar-refractivity contribution is -0.132. The maximum Gasteiger partial charge on any atom is 0.331 e. The third-order valence-corrected chi connectivity index (χ3v) is 4.42. The van der Waals surface area contributed by atoms with Crippen molar-refractivity contribution in [1.82, 2.24) is 10.2 Å². The Morgan fingerprint density at radius 1 is 1.00 bits per heavy atom. The lowest BCUT2D eigenvalue weighted by Gasteiger charge is -2.35. The van der Waals surface area contributed by atoms with Crippen LogP contribution in [0.1, 0.15) is 37.7 Å². The molecule has 1 aliphatic heterocycles. The summed E-state index contributed by atoms with van der Waals surface area (Å²) in [5, 5.41) is 2.28. The van der Waals surface area contributed by atoms with Gasteiger partial charge in [-0.3, -0.25) is 19.8 Å². The van der Waals surface area contributed by atoms with Gasteiger partial charge in [-0.2, -0.15) is 0 Å². The highest BCUT2D eigenvalue weighted by Crippen LogP contribution is 2.25. The van der Waals surface area contributed by atoms with E-state index in [4.69, 9.17) is 0 Å². The SMILES string of the molecule is O=C1NC(=O)N(C2CCCCC2)C(=O)/C1=C\C=C/c1ccccc1. The molecule has 5 heteroatoms. The fraction of sp³-hybridized carbons (Fsp3) is 0.316. The van der Waals surface area contributed by atoms with E-state index < -0.39 is 17.8 Å². The zero-order valence-corrected chi connectivity index (χ0v) is 13.4. The van der Waals surface area contributed by atoms with Crippen LogP contribution in [0.2, 0.25) is 0 Å². The van der Waals surface area contributed by atoms with Crippen molar-refractivity contribution in [2.24, 2.45) is 0 Å². The number of rotatable bonds is 3. The number of barbiturate groups is 1. The largest absolute Gasteiger partial charge is 0.331 e. The minimum Gasteiger partial charge on any atom is -0.273 e. The van der Waals surface area contributed by atoms with E-state index in [9.17, 15) is 14.4 Å². The van der Waals surface area contributed by atoms with Crippen molar-refractivity contribution in [3.8, 4) is 0 Å². The maximum absolute atomic E-state index is 12.6. The van der Waals surface area contributed by atoms with Crippen LogP contribution >= 0.6 is 0 Å². The Morgan fingerprint density at radius 2 is 1.71 bits per heavy atom. The van der Waals surface area contributed by atoms with E-state index in [0.717, 1.165) is 37.7 Å². The quantitative estimate of drug-likeness (QED) is 0.686. The fourth-order valence-electron chi connectivity index (χ4n) is 3.18. The van der Waals surface area contributed by atoms with Crippen molar-refractivity contribution in [2.45, 2.75) is 38.1 Å². The molecule has 3 rings (SSSR count). The summed E-state index contributed by atoms with van der Waals surface area (Å²) in [6.07, 6.45) is 9.70. The first-order chi connectivity index (χ1) is 11.7. The smallest absolute Gasteiger partial charge is 0.273 e. The van der Waals surface area contributed by atoms with Gasteiger partial charge in [-0.25, -0.2) is 4.79 Å². The number of hydrogen-bond donors (Lipinski definition) is 1. The van der Waals surface area contributed by atoms with E-state index in [1.807, 2.05) is 36.4 Å². The van der Waals surface area contributed by atoms with Gasteiger partial charge in [0.2, 0.25) is 0 Å². The summed E-state index contributed by atoms with van der Waals surface area (Å²) in [7, 11) is 0. The van der Waals surface area contributed by atoms with Gasteiger partial charge in [0.1, 0.15) is 5.57 Å². The molecule has 0 radical (unpaired) electrons.